The van der Waals surface area contributed by atoms with Crippen LogP contribution in [0, 0.1) is 11.8 Å². The molecule has 3 fully saturated rings. The Labute approximate surface area is 109 Å². The average Bonchev–Trinajstić information content (AvgIpc) is 2.98. The van der Waals surface area contributed by atoms with Gasteiger partial charge in [0, 0.05) is 32.3 Å². The Kier molecular flexibility index (Phi) is 3.63. The van der Waals surface area contributed by atoms with Gasteiger partial charge in [0.2, 0.25) is 0 Å². The van der Waals surface area contributed by atoms with Gasteiger partial charge in [0.1, 0.15) is 0 Å². The molecule has 5 unspecified atom stereocenters. The van der Waals surface area contributed by atoms with Crippen LogP contribution in [0.25, 0.3) is 0 Å². The molecule has 0 aromatic heterocycles. The number of hydrogen-bond donors (Lipinski definition) is 1. The normalized spacial score (nSPS) is 46.7. The zero-order valence-electron chi connectivity index (χ0n) is 11.3. The summed E-state index contributed by atoms with van der Waals surface area (Å²) in [7, 11) is 0. The summed E-state index contributed by atoms with van der Waals surface area (Å²) in [5, 5.41) is 0. The first-order valence-corrected chi connectivity index (χ1v) is 7.29. The van der Waals surface area contributed by atoms with Crippen molar-refractivity contribution in [3.63, 3.8) is 0 Å². The number of hydrogen-bond acceptors (Lipinski definition) is 4. The van der Waals surface area contributed by atoms with Crippen molar-refractivity contribution in [2.75, 3.05) is 26.4 Å². The van der Waals surface area contributed by atoms with E-state index < -0.39 is 0 Å². The highest BCUT2D eigenvalue weighted by molar-refractivity contribution is 4.96. The summed E-state index contributed by atoms with van der Waals surface area (Å²) in [6, 6.07) is 0.156. The maximum Gasteiger partial charge on any atom is 0.0939 e. The standard InChI is InChI=1S/C14H25NO3/c1-10-2-5-17-13(10)12(15)11-3-6-18-14(8-11)4-7-16-9-14/h10-13H,2-9,15H2,1H3. The molecule has 1 spiro atoms. The van der Waals surface area contributed by atoms with Gasteiger partial charge in [-0.1, -0.05) is 6.92 Å². The lowest BCUT2D eigenvalue weighted by Crippen LogP contribution is -2.50. The maximum atomic E-state index is 6.47. The van der Waals surface area contributed by atoms with Crippen molar-refractivity contribution < 1.29 is 14.2 Å². The second-order valence-electron chi connectivity index (χ2n) is 6.27. The van der Waals surface area contributed by atoms with Crippen LogP contribution in [0.2, 0.25) is 0 Å². The molecule has 3 rings (SSSR count). The SMILES string of the molecule is CC1CCOC1C(N)C1CCOC2(CCOC2)C1. The van der Waals surface area contributed by atoms with Crippen molar-refractivity contribution in [3.05, 3.63) is 0 Å². The molecule has 0 aliphatic carbocycles. The van der Waals surface area contributed by atoms with E-state index in [9.17, 15) is 0 Å². The van der Waals surface area contributed by atoms with Gasteiger partial charge in [-0.15, -0.1) is 0 Å². The Morgan fingerprint density at radius 1 is 1.22 bits per heavy atom. The zero-order valence-corrected chi connectivity index (χ0v) is 11.3. The van der Waals surface area contributed by atoms with Gasteiger partial charge in [0.05, 0.1) is 18.3 Å². The average molecular weight is 255 g/mol. The van der Waals surface area contributed by atoms with Crippen molar-refractivity contribution in [1.82, 2.24) is 0 Å². The predicted molar refractivity (Wildman–Crippen MR) is 68.3 cm³/mol. The van der Waals surface area contributed by atoms with Gasteiger partial charge in [0.25, 0.3) is 0 Å². The van der Waals surface area contributed by atoms with Gasteiger partial charge < -0.3 is 19.9 Å². The van der Waals surface area contributed by atoms with E-state index >= 15 is 0 Å². The molecule has 3 saturated heterocycles. The van der Waals surface area contributed by atoms with Crippen molar-refractivity contribution >= 4 is 0 Å². The minimum absolute atomic E-state index is 0.0393. The number of nitrogens with two attached hydrogens (primary N) is 1. The molecule has 3 aliphatic heterocycles. The predicted octanol–water partition coefficient (Wildman–Crippen LogP) is 1.32. The summed E-state index contributed by atoms with van der Waals surface area (Å²) in [4.78, 5) is 0. The van der Waals surface area contributed by atoms with E-state index in [4.69, 9.17) is 19.9 Å². The van der Waals surface area contributed by atoms with E-state index in [-0.39, 0.29) is 17.7 Å². The molecule has 4 nitrogen and oxygen atoms in total. The molecule has 0 amide bonds. The van der Waals surface area contributed by atoms with E-state index in [1.165, 1.54) is 0 Å². The van der Waals surface area contributed by atoms with Crippen LogP contribution in [0.1, 0.15) is 32.6 Å². The summed E-state index contributed by atoms with van der Waals surface area (Å²) in [5.74, 6) is 1.12. The van der Waals surface area contributed by atoms with Crippen molar-refractivity contribution in [2.24, 2.45) is 17.6 Å². The van der Waals surface area contributed by atoms with E-state index in [0.717, 1.165) is 52.1 Å². The van der Waals surface area contributed by atoms with Crippen LogP contribution in [0.4, 0.5) is 0 Å². The Balaban J connectivity index is 1.64. The molecule has 2 N–H and O–H groups in total. The van der Waals surface area contributed by atoms with Gasteiger partial charge in [-0.25, -0.2) is 0 Å². The fraction of sp³-hybridized carbons (Fsp3) is 1.00. The third kappa shape index (κ3) is 2.31. The summed E-state index contributed by atoms with van der Waals surface area (Å²) >= 11 is 0. The first-order valence-electron chi connectivity index (χ1n) is 7.29. The van der Waals surface area contributed by atoms with Gasteiger partial charge >= 0.3 is 0 Å². The molecular formula is C14H25NO3. The summed E-state index contributed by atoms with van der Waals surface area (Å²) in [6.07, 6.45) is 4.52. The lowest BCUT2D eigenvalue weighted by atomic mass is 9.78. The lowest BCUT2D eigenvalue weighted by Gasteiger charge is -2.41. The van der Waals surface area contributed by atoms with E-state index in [1.54, 1.807) is 0 Å². The Bertz CT molecular complexity index is 291. The van der Waals surface area contributed by atoms with E-state index in [0.29, 0.717) is 11.8 Å². The van der Waals surface area contributed by atoms with Gasteiger partial charge in [0.15, 0.2) is 0 Å². The van der Waals surface area contributed by atoms with Crippen molar-refractivity contribution in [3.8, 4) is 0 Å². The smallest absolute Gasteiger partial charge is 0.0939 e. The first-order chi connectivity index (χ1) is 8.70. The highest BCUT2D eigenvalue weighted by Gasteiger charge is 2.45. The molecule has 104 valence electrons. The minimum atomic E-state index is -0.0393. The van der Waals surface area contributed by atoms with Gasteiger partial charge in [-0.05, 0) is 31.1 Å². The van der Waals surface area contributed by atoms with Crippen LogP contribution in [-0.2, 0) is 14.2 Å². The summed E-state index contributed by atoms with van der Waals surface area (Å²) in [6.45, 7) is 5.53. The quantitative estimate of drug-likeness (QED) is 0.808. The van der Waals surface area contributed by atoms with Crippen molar-refractivity contribution in [1.29, 1.82) is 0 Å². The molecule has 5 atom stereocenters. The molecule has 0 radical (unpaired) electrons. The maximum absolute atomic E-state index is 6.47. The lowest BCUT2D eigenvalue weighted by molar-refractivity contribution is -0.108. The van der Waals surface area contributed by atoms with Gasteiger partial charge in [-0.2, -0.15) is 0 Å². The Morgan fingerprint density at radius 2 is 2.11 bits per heavy atom. The molecule has 0 aromatic rings. The second kappa shape index (κ2) is 5.08. The largest absolute Gasteiger partial charge is 0.378 e. The monoisotopic (exact) mass is 255 g/mol. The highest BCUT2D eigenvalue weighted by Crippen LogP contribution is 2.39. The molecule has 18 heavy (non-hydrogen) atoms. The molecular weight excluding hydrogens is 230 g/mol. The third-order valence-corrected chi connectivity index (χ3v) is 4.97. The van der Waals surface area contributed by atoms with Crippen LogP contribution < -0.4 is 5.73 Å². The fourth-order valence-electron chi connectivity index (χ4n) is 3.73. The summed E-state index contributed by atoms with van der Waals surface area (Å²) in [5.41, 5.74) is 6.43. The van der Waals surface area contributed by atoms with Gasteiger partial charge in [-0.3, -0.25) is 0 Å². The molecule has 0 bridgehead atoms. The molecule has 4 heteroatoms. The molecule has 0 saturated carbocycles. The molecule has 0 aromatic carbocycles. The fourth-order valence-corrected chi connectivity index (χ4v) is 3.73. The highest BCUT2D eigenvalue weighted by atomic mass is 16.6. The van der Waals surface area contributed by atoms with Crippen LogP contribution in [0.15, 0.2) is 0 Å². The number of ether oxygens (including phenoxy) is 3. The summed E-state index contributed by atoms with van der Waals surface area (Å²) < 4.78 is 17.3. The topological polar surface area (TPSA) is 53.7 Å². The van der Waals surface area contributed by atoms with E-state index in [2.05, 4.69) is 6.92 Å². The van der Waals surface area contributed by atoms with Crippen LogP contribution >= 0.6 is 0 Å². The zero-order chi connectivity index (χ0) is 12.6. The number of rotatable bonds is 2. The van der Waals surface area contributed by atoms with Crippen LogP contribution in [0.5, 0.6) is 0 Å². The van der Waals surface area contributed by atoms with E-state index in [1.807, 2.05) is 0 Å². The van der Waals surface area contributed by atoms with Crippen molar-refractivity contribution in [2.45, 2.75) is 50.4 Å². The second-order valence-corrected chi connectivity index (χ2v) is 6.27. The first kappa shape index (κ1) is 12.9. The third-order valence-electron chi connectivity index (χ3n) is 4.97. The molecule has 3 heterocycles. The van der Waals surface area contributed by atoms with Crippen LogP contribution in [-0.4, -0.2) is 44.2 Å². The Hall–Kier alpha value is -0.160. The minimum Gasteiger partial charge on any atom is -0.378 e. The molecule has 3 aliphatic rings. The Morgan fingerprint density at radius 3 is 2.78 bits per heavy atom. The van der Waals surface area contributed by atoms with Crippen LogP contribution in [0.3, 0.4) is 0 Å².